The number of aromatic nitrogens is 1. The summed E-state index contributed by atoms with van der Waals surface area (Å²) in [6.07, 6.45) is 1.82. The van der Waals surface area contributed by atoms with Crippen LogP contribution < -0.4 is 4.90 Å². The van der Waals surface area contributed by atoms with E-state index in [2.05, 4.69) is 20.9 Å². The van der Waals surface area contributed by atoms with Crippen LogP contribution in [0.15, 0.2) is 54.7 Å². The molecule has 5 heteroatoms. The number of aromatic hydroxyl groups is 1. The number of nitrogens with zero attached hydrogens (tertiary/aromatic N) is 3. The van der Waals surface area contributed by atoms with Crippen molar-refractivity contribution in [2.24, 2.45) is 0 Å². The number of phenolic OH excluding ortho intramolecular Hbond substituents is 1. The zero-order valence-corrected chi connectivity index (χ0v) is 14.7. The third-order valence-electron chi connectivity index (χ3n) is 4.79. The van der Waals surface area contributed by atoms with E-state index in [1.807, 2.05) is 36.5 Å². The van der Waals surface area contributed by atoms with Gasteiger partial charge < -0.3 is 10.0 Å². The van der Waals surface area contributed by atoms with Crippen molar-refractivity contribution in [1.29, 1.82) is 0 Å². The molecule has 3 aromatic rings. The van der Waals surface area contributed by atoms with Crippen LogP contribution in [0.5, 0.6) is 5.75 Å². The molecule has 0 saturated carbocycles. The Balaban J connectivity index is 1.47. The lowest BCUT2D eigenvalue weighted by Gasteiger charge is -2.36. The number of fused-ring (bicyclic) bond motifs is 1. The van der Waals surface area contributed by atoms with E-state index in [-0.39, 0.29) is 0 Å². The molecule has 0 amide bonds. The average Bonchev–Trinajstić information content (AvgIpc) is 2.65. The minimum Gasteiger partial charge on any atom is -0.508 e. The smallest absolute Gasteiger partial charge is 0.115 e. The molecule has 2 heterocycles. The maximum absolute atomic E-state index is 9.43. The number of phenols is 1. The summed E-state index contributed by atoms with van der Waals surface area (Å²) in [6, 6.07) is 15.4. The van der Waals surface area contributed by atoms with E-state index in [1.165, 1.54) is 0 Å². The molecule has 0 radical (unpaired) electrons. The van der Waals surface area contributed by atoms with Gasteiger partial charge in [0.05, 0.1) is 5.52 Å². The van der Waals surface area contributed by atoms with Crippen LogP contribution in [0.2, 0.25) is 5.02 Å². The van der Waals surface area contributed by atoms with Gasteiger partial charge in [0.2, 0.25) is 0 Å². The quantitative estimate of drug-likeness (QED) is 0.774. The molecule has 1 N–H and O–H groups in total. The highest BCUT2D eigenvalue weighted by atomic mass is 35.5. The van der Waals surface area contributed by atoms with Gasteiger partial charge in [0.15, 0.2) is 0 Å². The van der Waals surface area contributed by atoms with Crippen LogP contribution in [-0.2, 0) is 6.54 Å². The third-order valence-corrected chi connectivity index (χ3v) is 5.15. The standard InChI is InChI=1S/C20H20ClN3O/c21-19-8-3-15-2-1-9-22-20(15)18(19)14-23-10-12-24(13-11-23)16-4-6-17(25)7-5-16/h1-9,25H,10-14H2. The van der Waals surface area contributed by atoms with Crippen LogP contribution in [0.25, 0.3) is 10.9 Å². The molecule has 0 atom stereocenters. The molecule has 0 bridgehead atoms. The number of pyridine rings is 1. The molecule has 0 spiro atoms. The van der Waals surface area contributed by atoms with Gasteiger partial charge in [0.1, 0.15) is 5.75 Å². The highest BCUT2D eigenvalue weighted by molar-refractivity contribution is 6.32. The number of hydrogen-bond donors (Lipinski definition) is 1. The minimum absolute atomic E-state index is 0.306. The first-order valence-electron chi connectivity index (χ1n) is 8.49. The average molecular weight is 354 g/mol. The normalized spacial score (nSPS) is 15.6. The lowest BCUT2D eigenvalue weighted by atomic mass is 10.1. The Morgan fingerprint density at radius 1 is 0.960 bits per heavy atom. The highest BCUT2D eigenvalue weighted by Gasteiger charge is 2.19. The van der Waals surface area contributed by atoms with Crippen molar-refractivity contribution >= 4 is 28.2 Å². The van der Waals surface area contributed by atoms with Gasteiger partial charge >= 0.3 is 0 Å². The Morgan fingerprint density at radius 2 is 1.72 bits per heavy atom. The zero-order valence-electron chi connectivity index (χ0n) is 13.9. The predicted octanol–water partition coefficient (Wildman–Crippen LogP) is 3.92. The van der Waals surface area contributed by atoms with Gasteiger partial charge in [-0.05, 0) is 36.4 Å². The summed E-state index contributed by atoms with van der Waals surface area (Å²) >= 11 is 6.46. The summed E-state index contributed by atoms with van der Waals surface area (Å²) in [5.41, 5.74) is 3.26. The Labute approximate surface area is 152 Å². The zero-order chi connectivity index (χ0) is 17.2. The largest absolute Gasteiger partial charge is 0.508 e. The fourth-order valence-corrected chi connectivity index (χ4v) is 3.59. The van der Waals surface area contributed by atoms with E-state index in [4.69, 9.17) is 11.6 Å². The fraction of sp³-hybridized carbons (Fsp3) is 0.250. The monoisotopic (exact) mass is 353 g/mol. The number of hydrogen-bond acceptors (Lipinski definition) is 4. The van der Waals surface area contributed by atoms with Crippen molar-refractivity contribution in [3.8, 4) is 5.75 Å². The van der Waals surface area contributed by atoms with Gasteiger partial charge in [0.25, 0.3) is 0 Å². The second-order valence-corrected chi connectivity index (χ2v) is 6.79. The summed E-state index contributed by atoms with van der Waals surface area (Å²) in [5, 5.41) is 11.3. The van der Waals surface area contributed by atoms with Gasteiger partial charge in [-0.1, -0.05) is 23.7 Å². The first-order valence-corrected chi connectivity index (χ1v) is 8.87. The number of anilines is 1. The molecule has 25 heavy (non-hydrogen) atoms. The summed E-state index contributed by atoms with van der Waals surface area (Å²) < 4.78 is 0. The molecule has 0 unspecified atom stereocenters. The molecule has 4 rings (SSSR count). The Bertz CT molecular complexity index is 874. The van der Waals surface area contributed by atoms with Crippen LogP contribution in [0.4, 0.5) is 5.69 Å². The van der Waals surface area contributed by atoms with E-state index < -0.39 is 0 Å². The molecular formula is C20H20ClN3O. The Kier molecular flexibility index (Phi) is 4.47. The van der Waals surface area contributed by atoms with E-state index in [0.717, 1.165) is 59.9 Å². The predicted molar refractivity (Wildman–Crippen MR) is 102 cm³/mol. The van der Waals surface area contributed by atoms with Crippen LogP contribution in [-0.4, -0.2) is 41.2 Å². The van der Waals surface area contributed by atoms with E-state index >= 15 is 0 Å². The lowest BCUT2D eigenvalue weighted by Crippen LogP contribution is -2.46. The molecular weight excluding hydrogens is 334 g/mol. The topological polar surface area (TPSA) is 39.6 Å². The van der Waals surface area contributed by atoms with Crippen molar-refractivity contribution in [2.45, 2.75) is 6.54 Å². The Hall–Kier alpha value is -2.30. The van der Waals surface area contributed by atoms with Crippen LogP contribution >= 0.6 is 11.6 Å². The molecule has 1 fully saturated rings. The van der Waals surface area contributed by atoms with Crippen molar-refractivity contribution in [3.63, 3.8) is 0 Å². The number of halogens is 1. The van der Waals surface area contributed by atoms with E-state index in [0.29, 0.717) is 5.75 Å². The van der Waals surface area contributed by atoms with Gasteiger partial charge in [-0.3, -0.25) is 9.88 Å². The highest BCUT2D eigenvalue weighted by Crippen LogP contribution is 2.27. The van der Waals surface area contributed by atoms with Crippen LogP contribution in [0.3, 0.4) is 0 Å². The van der Waals surface area contributed by atoms with Crippen molar-refractivity contribution in [1.82, 2.24) is 9.88 Å². The number of rotatable bonds is 3. The SMILES string of the molecule is Oc1ccc(N2CCN(Cc3c(Cl)ccc4cccnc34)CC2)cc1. The van der Waals surface area contributed by atoms with Gasteiger partial charge in [-0.2, -0.15) is 0 Å². The maximum atomic E-state index is 9.43. The molecule has 1 aliphatic heterocycles. The lowest BCUT2D eigenvalue weighted by molar-refractivity contribution is 0.250. The second kappa shape index (κ2) is 6.90. The molecule has 2 aromatic carbocycles. The summed E-state index contributed by atoms with van der Waals surface area (Å²) in [4.78, 5) is 9.30. The van der Waals surface area contributed by atoms with Gasteiger partial charge in [0, 0.05) is 60.6 Å². The molecule has 0 aliphatic carbocycles. The van der Waals surface area contributed by atoms with Gasteiger partial charge in [-0.15, -0.1) is 0 Å². The van der Waals surface area contributed by atoms with Crippen LogP contribution in [0, 0.1) is 0 Å². The fourth-order valence-electron chi connectivity index (χ4n) is 3.38. The first-order chi connectivity index (χ1) is 12.2. The summed E-state index contributed by atoms with van der Waals surface area (Å²) in [7, 11) is 0. The molecule has 1 aromatic heterocycles. The maximum Gasteiger partial charge on any atom is 0.115 e. The summed E-state index contributed by atoms with van der Waals surface area (Å²) in [5.74, 6) is 0.306. The second-order valence-electron chi connectivity index (χ2n) is 6.38. The minimum atomic E-state index is 0.306. The van der Waals surface area contributed by atoms with E-state index in [9.17, 15) is 5.11 Å². The van der Waals surface area contributed by atoms with Crippen molar-refractivity contribution < 1.29 is 5.11 Å². The van der Waals surface area contributed by atoms with Crippen LogP contribution in [0.1, 0.15) is 5.56 Å². The molecule has 1 saturated heterocycles. The third kappa shape index (κ3) is 3.41. The van der Waals surface area contributed by atoms with E-state index in [1.54, 1.807) is 12.1 Å². The summed E-state index contributed by atoms with van der Waals surface area (Å²) in [6.45, 7) is 4.68. The molecule has 1 aliphatic rings. The molecule has 128 valence electrons. The number of piperazine rings is 1. The first kappa shape index (κ1) is 16.2. The Morgan fingerprint density at radius 3 is 2.48 bits per heavy atom. The number of benzene rings is 2. The van der Waals surface area contributed by atoms with Crippen molar-refractivity contribution in [3.05, 3.63) is 65.3 Å². The molecule has 4 nitrogen and oxygen atoms in total. The van der Waals surface area contributed by atoms with Gasteiger partial charge in [-0.25, -0.2) is 0 Å². The van der Waals surface area contributed by atoms with Crippen molar-refractivity contribution in [2.75, 3.05) is 31.1 Å².